The van der Waals surface area contributed by atoms with Gasteiger partial charge in [-0.15, -0.1) is 0 Å². The van der Waals surface area contributed by atoms with Crippen molar-refractivity contribution in [3.63, 3.8) is 0 Å². The van der Waals surface area contributed by atoms with Gasteiger partial charge in [0, 0.05) is 0 Å². The molecule has 0 spiro atoms. The summed E-state index contributed by atoms with van der Waals surface area (Å²) in [6, 6.07) is 0. The second-order valence-corrected chi connectivity index (χ2v) is 18.4. The molecule has 0 aliphatic rings. The van der Waals surface area contributed by atoms with E-state index in [9.17, 15) is 52.7 Å². The molecule has 0 fully saturated rings. The zero-order valence-electron chi connectivity index (χ0n) is 18.7. The SMILES string of the molecule is CCCCCCC[O][Sn]([CH](F)C(F)C(F)C(F)F)([CH](F)C(F)C(F)C(F)F)[CH](F)C(F)C(F)C(F)F. The zero-order chi connectivity index (χ0) is 28.4. The fourth-order valence-corrected chi connectivity index (χ4v) is 14.5. The van der Waals surface area contributed by atoms with Gasteiger partial charge in [0.15, 0.2) is 0 Å². The molecule has 0 N–H and O–H groups in total. The van der Waals surface area contributed by atoms with Crippen molar-refractivity contribution in [1.29, 1.82) is 0 Å². The van der Waals surface area contributed by atoms with Crippen LogP contribution in [-0.2, 0) is 3.07 Å². The molecule has 0 aliphatic carbocycles. The molecule has 0 bridgehead atoms. The number of unbranched alkanes of at least 4 members (excludes halogenated alkanes) is 4. The standard InChI is InChI=1S/C7H15O.3C4H4F5.Sn/c1-2-3-4-5-6-7-8;3*5-1-2(6)3(7)4(8)9;/h2-7H2,1H3;3*1-4H;/q-1;;;;+1. The van der Waals surface area contributed by atoms with E-state index >= 15 is 13.2 Å². The molecule has 17 heteroatoms. The quantitative estimate of drug-likeness (QED) is 0.0790. The number of hydrogen-bond donors (Lipinski definition) is 0. The van der Waals surface area contributed by atoms with Crippen molar-refractivity contribution < 1.29 is 68.9 Å². The van der Waals surface area contributed by atoms with Crippen LogP contribution in [0.5, 0.6) is 0 Å². The first-order valence-corrected chi connectivity index (χ1v) is 16.9. The monoisotopic (exact) mass is 676 g/mol. The molecule has 9 unspecified atom stereocenters. The normalized spacial score (nSPS) is 22.1. The summed E-state index contributed by atoms with van der Waals surface area (Å²) in [6.07, 6.45) is -37.3. The molecule has 0 aromatic carbocycles. The van der Waals surface area contributed by atoms with Crippen LogP contribution in [0.15, 0.2) is 0 Å². The molecule has 0 heterocycles. The number of alkyl halides is 15. The van der Waals surface area contributed by atoms with Crippen molar-refractivity contribution in [1.82, 2.24) is 0 Å². The first-order chi connectivity index (χ1) is 16.6. The van der Waals surface area contributed by atoms with Gasteiger partial charge in [-0.1, -0.05) is 0 Å². The Labute approximate surface area is 202 Å². The van der Waals surface area contributed by atoms with Crippen LogP contribution >= 0.6 is 0 Å². The fraction of sp³-hybridized carbons (Fsp3) is 1.00. The number of halogens is 15. The van der Waals surface area contributed by atoms with Crippen molar-refractivity contribution >= 4 is 18.8 Å². The van der Waals surface area contributed by atoms with E-state index in [0.717, 1.165) is 0 Å². The molecule has 9 atom stereocenters. The maximum atomic E-state index is 15.1. The van der Waals surface area contributed by atoms with Crippen LogP contribution in [0.4, 0.5) is 65.9 Å². The van der Waals surface area contributed by atoms with Crippen LogP contribution < -0.4 is 0 Å². The molecule has 0 aromatic rings. The number of hydrogen-bond acceptors (Lipinski definition) is 1. The van der Waals surface area contributed by atoms with E-state index in [1.54, 1.807) is 6.92 Å². The summed E-state index contributed by atoms with van der Waals surface area (Å²) in [5.74, 6) is 0. The van der Waals surface area contributed by atoms with E-state index in [1.807, 2.05) is 0 Å². The second kappa shape index (κ2) is 16.6. The predicted molar refractivity (Wildman–Crippen MR) is 103 cm³/mol. The van der Waals surface area contributed by atoms with Gasteiger partial charge in [0.2, 0.25) is 0 Å². The minimum absolute atomic E-state index is 0.103. The van der Waals surface area contributed by atoms with E-state index in [0.29, 0.717) is 19.3 Å². The van der Waals surface area contributed by atoms with Gasteiger partial charge in [-0.05, 0) is 0 Å². The first-order valence-electron chi connectivity index (χ1n) is 10.8. The van der Waals surface area contributed by atoms with E-state index < -0.39 is 94.3 Å². The van der Waals surface area contributed by atoms with Gasteiger partial charge in [-0.3, -0.25) is 0 Å². The molecule has 0 radical (unpaired) electrons. The van der Waals surface area contributed by atoms with E-state index in [2.05, 4.69) is 3.07 Å². The molecule has 0 amide bonds. The molecule has 0 aromatic heterocycles. The van der Waals surface area contributed by atoms with Crippen molar-refractivity contribution in [3.8, 4) is 0 Å². The first kappa shape index (κ1) is 35.7. The molecule has 218 valence electrons. The van der Waals surface area contributed by atoms with Gasteiger partial charge in [0.05, 0.1) is 0 Å². The van der Waals surface area contributed by atoms with Crippen molar-refractivity contribution in [3.05, 3.63) is 0 Å². The Hall–Kier alpha value is -0.291. The Balaban J connectivity index is 6.64. The van der Waals surface area contributed by atoms with Gasteiger partial charge in [-0.25, -0.2) is 0 Å². The summed E-state index contributed by atoms with van der Waals surface area (Å²) < 4.78 is 196. The van der Waals surface area contributed by atoms with Crippen LogP contribution in [0.1, 0.15) is 39.0 Å². The maximum absolute atomic E-state index is 15.1. The summed E-state index contributed by atoms with van der Waals surface area (Å²) in [7, 11) is 0. The van der Waals surface area contributed by atoms with Gasteiger partial charge >= 0.3 is 202 Å². The Morgan fingerprint density at radius 3 is 1.03 bits per heavy atom. The van der Waals surface area contributed by atoms with Gasteiger partial charge in [0.1, 0.15) is 0 Å². The summed E-state index contributed by atoms with van der Waals surface area (Å²) >= 11 is -8.10. The molecular weight excluding hydrogens is 648 g/mol. The summed E-state index contributed by atoms with van der Waals surface area (Å²) in [5, 5.41) is 0. The molecule has 36 heavy (non-hydrogen) atoms. The van der Waals surface area contributed by atoms with Crippen molar-refractivity contribution in [2.24, 2.45) is 0 Å². The van der Waals surface area contributed by atoms with Crippen LogP contribution in [0.2, 0.25) is 0 Å². The van der Waals surface area contributed by atoms with Gasteiger partial charge < -0.3 is 0 Å². The molecule has 0 saturated carbocycles. The molecule has 0 rings (SSSR count). The Bertz CT molecular complexity index is 524. The predicted octanol–water partition coefficient (Wildman–Crippen LogP) is 7.37. The fourth-order valence-electron chi connectivity index (χ4n) is 3.30. The third kappa shape index (κ3) is 9.17. The van der Waals surface area contributed by atoms with E-state index in [-0.39, 0.29) is 12.8 Å². The number of rotatable bonds is 19. The van der Waals surface area contributed by atoms with Crippen LogP contribution in [0.3, 0.4) is 0 Å². The third-order valence-corrected chi connectivity index (χ3v) is 17.5. The van der Waals surface area contributed by atoms with E-state index in [4.69, 9.17) is 0 Å². The van der Waals surface area contributed by atoms with Crippen LogP contribution in [-0.4, -0.2) is 94.3 Å². The Kier molecular flexibility index (Phi) is 16.5. The van der Waals surface area contributed by atoms with E-state index in [1.165, 1.54) is 0 Å². The average Bonchev–Trinajstić information content (AvgIpc) is 2.84. The molecular formula is C19H27F15OSn. The summed E-state index contributed by atoms with van der Waals surface area (Å²) in [5.41, 5.74) is 0. The topological polar surface area (TPSA) is 9.23 Å². The van der Waals surface area contributed by atoms with Crippen molar-refractivity contribution in [2.45, 2.75) is 108 Å². The summed E-state index contributed by atoms with van der Waals surface area (Å²) in [6.45, 7) is 0.608. The van der Waals surface area contributed by atoms with Gasteiger partial charge in [-0.2, -0.15) is 0 Å². The second-order valence-electron chi connectivity index (χ2n) is 7.99. The van der Waals surface area contributed by atoms with Crippen LogP contribution in [0, 0.1) is 0 Å². The minimum atomic E-state index is -8.10. The van der Waals surface area contributed by atoms with Gasteiger partial charge in [0.25, 0.3) is 0 Å². The molecule has 0 aliphatic heterocycles. The Morgan fingerprint density at radius 1 is 0.444 bits per heavy atom. The van der Waals surface area contributed by atoms with Crippen molar-refractivity contribution in [2.75, 3.05) is 6.61 Å². The van der Waals surface area contributed by atoms with Crippen LogP contribution in [0.25, 0.3) is 0 Å². The molecule has 0 saturated heterocycles. The zero-order valence-corrected chi connectivity index (χ0v) is 21.6. The Morgan fingerprint density at radius 2 is 0.750 bits per heavy atom. The molecule has 1 nitrogen and oxygen atoms in total. The summed E-state index contributed by atoms with van der Waals surface area (Å²) in [4.78, 5) is 0. The average molecular weight is 675 g/mol. The third-order valence-electron chi connectivity index (χ3n) is 5.37.